The van der Waals surface area contributed by atoms with Crippen molar-refractivity contribution in [3.63, 3.8) is 0 Å². The van der Waals surface area contributed by atoms with Gasteiger partial charge in [0.1, 0.15) is 0 Å². The quantitative estimate of drug-likeness (QED) is 0.728. The van der Waals surface area contributed by atoms with Gasteiger partial charge in [-0.2, -0.15) is 13.2 Å². The SMILES string of the molecule is CC(OCC1(CS(=O)(=O)Cl)CCOCC1)C(F)(F)F. The fourth-order valence-electron chi connectivity index (χ4n) is 1.90. The fourth-order valence-corrected chi connectivity index (χ4v) is 3.69. The molecule has 1 unspecified atom stereocenters. The van der Waals surface area contributed by atoms with E-state index in [4.69, 9.17) is 20.2 Å². The molecule has 4 nitrogen and oxygen atoms in total. The molecule has 0 radical (unpaired) electrons. The highest BCUT2D eigenvalue weighted by atomic mass is 35.7. The van der Waals surface area contributed by atoms with Crippen LogP contribution in [0.5, 0.6) is 0 Å². The van der Waals surface area contributed by atoms with Crippen molar-refractivity contribution in [1.29, 1.82) is 0 Å². The Bertz CT molecular complexity index is 390. The first-order valence-corrected chi connectivity index (χ1v) is 8.20. The molecule has 19 heavy (non-hydrogen) atoms. The molecule has 1 fully saturated rings. The first-order valence-electron chi connectivity index (χ1n) is 5.73. The highest BCUT2D eigenvalue weighted by Crippen LogP contribution is 2.35. The second-order valence-corrected chi connectivity index (χ2v) is 7.57. The Labute approximate surface area is 114 Å². The second-order valence-electron chi connectivity index (χ2n) is 4.79. The molecule has 0 aromatic carbocycles. The van der Waals surface area contributed by atoms with Gasteiger partial charge in [0.05, 0.1) is 12.4 Å². The van der Waals surface area contributed by atoms with E-state index in [9.17, 15) is 21.6 Å². The maximum atomic E-state index is 12.4. The van der Waals surface area contributed by atoms with Crippen LogP contribution in [0.4, 0.5) is 13.2 Å². The van der Waals surface area contributed by atoms with Crippen molar-refractivity contribution >= 4 is 19.7 Å². The summed E-state index contributed by atoms with van der Waals surface area (Å²) in [6.07, 6.45) is -5.79. The van der Waals surface area contributed by atoms with Crippen molar-refractivity contribution in [1.82, 2.24) is 0 Å². The van der Waals surface area contributed by atoms with E-state index in [0.717, 1.165) is 6.92 Å². The van der Waals surface area contributed by atoms with Gasteiger partial charge in [-0.25, -0.2) is 8.42 Å². The monoisotopic (exact) mass is 324 g/mol. The number of alkyl halides is 3. The second kappa shape index (κ2) is 6.15. The highest BCUT2D eigenvalue weighted by molar-refractivity contribution is 8.13. The zero-order valence-electron chi connectivity index (χ0n) is 10.4. The third-order valence-electron chi connectivity index (χ3n) is 3.13. The van der Waals surface area contributed by atoms with Crippen molar-refractivity contribution < 1.29 is 31.1 Å². The minimum Gasteiger partial charge on any atom is -0.381 e. The first kappa shape index (κ1) is 17.0. The van der Waals surface area contributed by atoms with Gasteiger partial charge in [-0.1, -0.05) is 0 Å². The van der Waals surface area contributed by atoms with E-state index < -0.39 is 32.5 Å². The molecule has 0 aliphatic carbocycles. The summed E-state index contributed by atoms with van der Waals surface area (Å²) in [5.74, 6) is -0.407. The van der Waals surface area contributed by atoms with Gasteiger partial charge in [0.15, 0.2) is 6.10 Å². The van der Waals surface area contributed by atoms with Crippen LogP contribution in [0, 0.1) is 5.41 Å². The lowest BCUT2D eigenvalue weighted by atomic mass is 9.83. The minimum atomic E-state index is -4.47. The van der Waals surface area contributed by atoms with E-state index >= 15 is 0 Å². The van der Waals surface area contributed by atoms with Gasteiger partial charge in [-0.15, -0.1) is 0 Å². The standard InChI is InChI=1S/C10H16ClF3O4S/c1-8(10(12,13)14)18-6-9(7-19(11,15)16)2-4-17-5-3-9/h8H,2-7H2,1H3. The lowest BCUT2D eigenvalue weighted by Crippen LogP contribution is -2.41. The van der Waals surface area contributed by atoms with Crippen LogP contribution in [0.1, 0.15) is 19.8 Å². The van der Waals surface area contributed by atoms with E-state index in [0.29, 0.717) is 12.8 Å². The summed E-state index contributed by atoms with van der Waals surface area (Å²) in [7, 11) is 1.40. The van der Waals surface area contributed by atoms with Crippen molar-refractivity contribution in [2.75, 3.05) is 25.6 Å². The van der Waals surface area contributed by atoms with E-state index in [1.165, 1.54) is 0 Å². The van der Waals surface area contributed by atoms with Crippen molar-refractivity contribution in [3.8, 4) is 0 Å². The molecule has 0 saturated carbocycles. The van der Waals surface area contributed by atoms with Crippen LogP contribution in [-0.2, 0) is 18.5 Å². The first-order chi connectivity index (χ1) is 8.54. The Morgan fingerprint density at radius 2 is 1.89 bits per heavy atom. The largest absolute Gasteiger partial charge is 0.414 e. The molecule has 0 spiro atoms. The normalized spacial score (nSPS) is 22.2. The average Bonchev–Trinajstić information content (AvgIpc) is 2.23. The third-order valence-corrected chi connectivity index (χ3v) is 4.42. The number of ether oxygens (including phenoxy) is 2. The molecule has 1 atom stereocenters. The molecule has 1 saturated heterocycles. The summed E-state index contributed by atoms with van der Waals surface area (Å²) in [6, 6.07) is 0. The maximum Gasteiger partial charge on any atom is 0.414 e. The molecular formula is C10H16ClF3O4S. The predicted molar refractivity (Wildman–Crippen MR) is 63.6 cm³/mol. The predicted octanol–water partition coefficient (Wildman–Crippen LogP) is 2.32. The topological polar surface area (TPSA) is 52.6 Å². The molecule has 114 valence electrons. The number of rotatable bonds is 5. The van der Waals surface area contributed by atoms with Crippen LogP contribution in [0.15, 0.2) is 0 Å². The molecule has 9 heteroatoms. The maximum absolute atomic E-state index is 12.4. The zero-order chi connectivity index (χ0) is 14.7. The van der Waals surface area contributed by atoms with Gasteiger partial charge >= 0.3 is 6.18 Å². The lowest BCUT2D eigenvalue weighted by Gasteiger charge is -2.36. The number of hydrogen-bond acceptors (Lipinski definition) is 4. The fraction of sp³-hybridized carbons (Fsp3) is 1.00. The van der Waals surface area contributed by atoms with Crippen LogP contribution in [-0.4, -0.2) is 46.3 Å². The van der Waals surface area contributed by atoms with Gasteiger partial charge in [0.25, 0.3) is 0 Å². The van der Waals surface area contributed by atoms with Gasteiger partial charge in [0.2, 0.25) is 9.05 Å². The smallest absolute Gasteiger partial charge is 0.381 e. The van der Waals surface area contributed by atoms with E-state index in [-0.39, 0.29) is 19.8 Å². The van der Waals surface area contributed by atoms with Gasteiger partial charge in [-0.3, -0.25) is 0 Å². The van der Waals surface area contributed by atoms with Gasteiger partial charge < -0.3 is 9.47 Å². The Kier molecular flexibility index (Phi) is 5.51. The van der Waals surface area contributed by atoms with Crippen molar-refractivity contribution in [2.45, 2.75) is 32.0 Å². The summed E-state index contributed by atoms with van der Waals surface area (Å²) in [5.41, 5.74) is -0.904. The van der Waals surface area contributed by atoms with Crippen LogP contribution in [0.25, 0.3) is 0 Å². The van der Waals surface area contributed by atoms with Crippen LogP contribution < -0.4 is 0 Å². The van der Waals surface area contributed by atoms with Crippen molar-refractivity contribution in [2.24, 2.45) is 5.41 Å². The Morgan fingerprint density at radius 3 is 2.32 bits per heavy atom. The van der Waals surface area contributed by atoms with Gasteiger partial charge in [0, 0.05) is 29.3 Å². The molecule has 0 N–H and O–H groups in total. The van der Waals surface area contributed by atoms with E-state index in [1.54, 1.807) is 0 Å². The Morgan fingerprint density at radius 1 is 1.37 bits per heavy atom. The minimum absolute atomic E-state index is 0.288. The van der Waals surface area contributed by atoms with Crippen LogP contribution in [0.2, 0.25) is 0 Å². The Hall–Kier alpha value is -0.0500. The van der Waals surface area contributed by atoms with Crippen LogP contribution in [0.3, 0.4) is 0 Å². The molecule has 0 amide bonds. The summed E-state index contributed by atoms with van der Waals surface area (Å²) in [5, 5.41) is 0. The molecule has 0 aromatic heterocycles. The van der Waals surface area contributed by atoms with E-state index in [1.807, 2.05) is 0 Å². The van der Waals surface area contributed by atoms with Crippen molar-refractivity contribution in [3.05, 3.63) is 0 Å². The molecule has 0 aromatic rings. The number of halogens is 4. The molecule has 1 rings (SSSR count). The summed E-state index contributed by atoms with van der Waals surface area (Å²) in [6.45, 7) is 1.16. The number of hydrogen-bond donors (Lipinski definition) is 0. The molecule has 0 bridgehead atoms. The van der Waals surface area contributed by atoms with Gasteiger partial charge in [-0.05, 0) is 19.8 Å². The molecule has 1 aliphatic heterocycles. The highest BCUT2D eigenvalue weighted by Gasteiger charge is 2.42. The van der Waals surface area contributed by atoms with E-state index in [2.05, 4.69) is 0 Å². The summed E-state index contributed by atoms with van der Waals surface area (Å²) in [4.78, 5) is 0. The summed E-state index contributed by atoms with van der Waals surface area (Å²) < 4.78 is 69.4. The molecule has 1 heterocycles. The zero-order valence-corrected chi connectivity index (χ0v) is 11.9. The molecular weight excluding hydrogens is 309 g/mol. The lowest BCUT2D eigenvalue weighted by molar-refractivity contribution is -0.223. The third kappa shape index (κ3) is 5.85. The Balaban J connectivity index is 2.70. The average molecular weight is 325 g/mol. The molecule has 1 aliphatic rings. The van der Waals surface area contributed by atoms with Crippen LogP contribution >= 0.6 is 10.7 Å². The summed E-state index contributed by atoms with van der Waals surface area (Å²) >= 11 is 0.